The van der Waals surface area contributed by atoms with Crippen molar-refractivity contribution in [2.45, 2.75) is 58.3 Å². The molecule has 0 spiro atoms. The third-order valence-electron chi connectivity index (χ3n) is 2.91. The van der Waals surface area contributed by atoms with E-state index in [0.717, 1.165) is 38.5 Å². The molecule has 0 aromatic carbocycles. The van der Waals surface area contributed by atoms with E-state index >= 15 is 0 Å². The van der Waals surface area contributed by atoms with Gasteiger partial charge in [-0.3, -0.25) is 4.79 Å². The summed E-state index contributed by atoms with van der Waals surface area (Å²) in [4.78, 5) is 10.3. The average molecular weight is 302 g/mol. The van der Waals surface area contributed by atoms with E-state index in [1.807, 2.05) is 12.2 Å². The maximum absolute atomic E-state index is 10.3. The van der Waals surface area contributed by atoms with E-state index < -0.39 is 5.97 Å². The summed E-state index contributed by atoms with van der Waals surface area (Å²) in [6.45, 7) is 2.15. The van der Waals surface area contributed by atoms with E-state index in [9.17, 15) is 4.79 Å². The molecule has 0 aromatic rings. The minimum absolute atomic E-state index is 0.217. The van der Waals surface area contributed by atoms with Gasteiger partial charge in [0.05, 0.1) is 0 Å². The lowest BCUT2D eigenvalue weighted by atomic mass is 10.2. The lowest BCUT2D eigenvalue weighted by molar-refractivity contribution is -0.136. The van der Waals surface area contributed by atoms with Crippen LogP contribution in [-0.4, -0.2) is 11.1 Å². The average Bonchev–Trinajstić information content (AvgIpc) is 2.50. The summed E-state index contributed by atoms with van der Waals surface area (Å²) in [6.07, 6.45) is 28.5. The maximum atomic E-state index is 10.3. The van der Waals surface area contributed by atoms with Crippen LogP contribution in [0.3, 0.4) is 0 Å². The number of unbranched alkanes of at least 4 members (excludes halogenated alkanes) is 1. The lowest BCUT2D eigenvalue weighted by Crippen LogP contribution is -1.91. The molecule has 0 unspecified atom stereocenters. The van der Waals surface area contributed by atoms with Crippen LogP contribution >= 0.6 is 0 Å². The van der Waals surface area contributed by atoms with Crippen molar-refractivity contribution < 1.29 is 9.90 Å². The van der Waals surface area contributed by atoms with Crippen molar-refractivity contribution >= 4 is 5.97 Å². The molecule has 0 aliphatic heterocycles. The molecule has 0 aromatic heterocycles. The van der Waals surface area contributed by atoms with E-state index in [2.05, 4.69) is 55.5 Å². The zero-order valence-corrected chi connectivity index (χ0v) is 13.8. The van der Waals surface area contributed by atoms with Crippen LogP contribution in [-0.2, 0) is 4.79 Å². The van der Waals surface area contributed by atoms with E-state index in [4.69, 9.17) is 5.11 Å². The van der Waals surface area contributed by atoms with Gasteiger partial charge in [0.2, 0.25) is 0 Å². The first-order valence-corrected chi connectivity index (χ1v) is 8.24. The molecule has 0 bridgehead atoms. The Bertz CT molecular complexity index is 398. The summed E-state index contributed by atoms with van der Waals surface area (Å²) in [5, 5.41) is 8.48. The standard InChI is InChI=1S/C20H30O2/c1-2-3-4-5-6-7-8-9-10-11-12-13-14-15-16-17-18-19-20(21)22/h3-4,6-7,9-10,13-14,16-17H,2,5,8,11-12,15,18-19H2,1H3,(H,21,22)/b4-3-,7-6-,10-9-,14-13-,17-16-. The van der Waals surface area contributed by atoms with Gasteiger partial charge in [-0.15, -0.1) is 0 Å². The number of allylic oxidation sites excluding steroid dienone is 10. The Hall–Kier alpha value is -1.83. The molecule has 0 aliphatic rings. The van der Waals surface area contributed by atoms with Crippen LogP contribution in [0.2, 0.25) is 0 Å². The van der Waals surface area contributed by atoms with Gasteiger partial charge in [-0.2, -0.15) is 0 Å². The van der Waals surface area contributed by atoms with Gasteiger partial charge in [0.25, 0.3) is 0 Å². The molecule has 0 amide bonds. The van der Waals surface area contributed by atoms with E-state index in [1.165, 1.54) is 0 Å². The fraction of sp³-hybridized carbons (Fsp3) is 0.450. The zero-order chi connectivity index (χ0) is 16.3. The smallest absolute Gasteiger partial charge is 0.303 e. The van der Waals surface area contributed by atoms with Gasteiger partial charge in [0.15, 0.2) is 0 Å². The predicted molar refractivity (Wildman–Crippen MR) is 95.9 cm³/mol. The molecule has 22 heavy (non-hydrogen) atoms. The zero-order valence-electron chi connectivity index (χ0n) is 13.8. The van der Waals surface area contributed by atoms with Crippen molar-refractivity contribution in [3.63, 3.8) is 0 Å². The van der Waals surface area contributed by atoms with Crippen molar-refractivity contribution in [2.75, 3.05) is 0 Å². The van der Waals surface area contributed by atoms with E-state index in [0.29, 0.717) is 6.42 Å². The third kappa shape index (κ3) is 18.2. The Morgan fingerprint density at radius 2 is 1.09 bits per heavy atom. The maximum Gasteiger partial charge on any atom is 0.303 e. The molecule has 0 rings (SSSR count). The Morgan fingerprint density at radius 3 is 1.55 bits per heavy atom. The molecule has 2 nitrogen and oxygen atoms in total. The van der Waals surface area contributed by atoms with Gasteiger partial charge in [0, 0.05) is 6.42 Å². The van der Waals surface area contributed by atoms with Gasteiger partial charge in [-0.05, 0) is 44.9 Å². The van der Waals surface area contributed by atoms with Crippen LogP contribution in [0.25, 0.3) is 0 Å². The van der Waals surface area contributed by atoms with Crippen LogP contribution in [0.5, 0.6) is 0 Å². The fourth-order valence-corrected chi connectivity index (χ4v) is 1.73. The molecular weight excluding hydrogens is 272 g/mol. The molecule has 0 radical (unpaired) electrons. The fourth-order valence-electron chi connectivity index (χ4n) is 1.73. The highest BCUT2D eigenvalue weighted by Crippen LogP contribution is 1.99. The number of carboxylic acids is 1. The highest BCUT2D eigenvalue weighted by Gasteiger charge is 1.90. The number of aliphatic carboxylic acids is 1. The first-order valence-electron chi connectivity index (χ1n) is 8.24. The highest BCUT2D eigenvalue weighted by molar-refractivity contribution is 5.66. The van der Waals surface area contributed by atoms with E-state index in [1.54, 1.807) is 0 Å². The Morgan fingerprint density at radius 1 is 0.682 bits per heavy atom. The number of hydrogen-bond donors (Lipinski definition) is 1. The molecule has 0 heterocycles. The van der Waals surface area contributed by atoms with Crippen LogP contribution in [0.4, 0.5) is 0 Å². The summed E-state index contributed by atoms with van der Waals surface area (Å²) in [5.74, 6) is -0.737. The first kappa shape index (κ1) is 20.2. The molecule has 0 fully saturated rings. The van der Waals surface area contributed by atoms with E-state index in [-0.39, 0.29) is 6.42 Å². The number of carbonyl (C=O) groups is 1. The predicted octanol–water partition coefficient (Wildman–Crippen LogP) is 5.99. The van der Waals surface area contributed by atoms with Crippen LogP contribution in [0.15, 0.2) is 60.8 Å². The highest BCUT2D eigenvalue weighted by atomic mass is 16.4. The van der Waals surface area contributed by atoms with Gasteiger partial charge in [-0.1, -0.05) is 67.7 Å². The van der Waals surface area contributed by atoms with Crippen LogP contribution in [0, 0.1) is 0 Å². The van der Waals surface area contributed by atoms with Crippen molar-refractivity contribution in [2.24, 2.45) is 0 Å². The molecule has 0 atom stereocenters. The molecule has 0 saturated carbocycles. The Kier molecular flexibility index (Phi) is 15.8. The Labute approximate surface area is 135 Å². The SMILES string of the molecule is CC/C=C\C/C=C\C/C=C\CC/C=C\C/C=C\CCC(=O)O. The van der Waals surface area contributed by atoms with Crippen molar-refractivity contribution in [1.29, 1.82) is 0 Å². The minimum Gasteiger partial charge on any atom is -0.481 e. The summed E-state index contributed by atoms with van der Waals surface area (Å²) in [5.41, 5.74) is 0. The molecular formula is C20H30O2. The molecule has 0 saturated heterocycles. The van der Waals surface area contributed by atoms with Gasteiger partial charge >= 0.3 is 5.97 Å². The second-order valence-corrected chi connectivity index (χ2v) is 4.98. The first-order chi connectivity index (χ1) is 10.8. The molecule has 122 valence electrons. The largest absolute Gasteiger partial charge is 0.481 e. The number of rotatable bonds is 13. The number of carboxylic acid groups (broad SMARTS) is 1. The summed E-state index contributed by atoms with van der Waals surface area (Å²) in [6, 6.07) is 0. The Balaban J connectivity index is 3.44. The monoisotopic (exact) mass is 302 g/mol. The quantitative estimate of drug-likeness (QED) is 0.335. The van der Waals surface area contributed by atoms with Crippen LogP contribution < -0.4 is 0 Å². The molecule has 2 heteroatoms. The molecule has 1 N–H and O–H groups in total. The van der Waals surface area contributed by atoms with Crippen LogP contribution in [0.1, 0.15) is 58.3 Å². The van der Waals surface area contributed by atoms with Gasteiger partial charge < -0.3 is 5.11 Å². The summed E-state index contributed by atoms with van der Waals surface area (Å²) < 4.78 is 0. The summed E-state index contributed by atoms with van der Waals surface area (Å²) in [7, 11) is 0. The normalized spacial score (nSPS) is 12.8. The third-order valence-corrected chi connectivity index (χ3v) is 2.91. The van der Waals surface area contributed by atoms with Gasteiger partial charge in [0.1, 0.15) is 0 Å². The minimum atomic E-state index is -0.737. The second kappa shape index (κ2) is 17.2. The summed E-state index contributed by atoms with van der Waals surface area (Å²) >= 11 is 0. The van der Waals surface area contributed by atoms with Crippen molar-refractivity contribution in [3.8, 4) is 0 Å². The lowest BCUT2D eigenvalue weighted by Gasteiger charge is -1.88. The van der Waals surface area contributed by atoms with Crippen molar-refractivity contribution in [1.82, 2.24) is 0 Å². The molecule has 0 aliphatic carbocycles. The second-order valence-electron chi connectivity index (χ2n) is 4.98. The topological polar surface area (TPSA) is 37.3 Å². The van der Waals surface area contributed by atoms with Gasteiger partial charge in [-0.25, -0.2) is 0 Å². The number of hydrogen-bond acceptors (Lipinski definition) is 1. The van der Waals surface area contributed by atoms with Crippen molar-refractivity contribution in [3.05, 3.63) is 60.8 Å².